The van der Waals surface area contributed by atoms with Gasteiger partial charge in [-0.3, -0.25) is 24.2 Å². The van der Waals surface area contributed by atoms with Gasteiger partial charge in [0.2, 0.25) is 0 Å². The third-order valence-corrected chi connectivity index (χ3v) is 9.64. The summed E-state index contributed by atoms with van der Waals surface area (Å²) >= 11 is 0. The van der Waals surface area contributed by atoms with Crippen LogP contribution in [0.25, 0.3) is 11.1 Å². The van der Waals surface area contributed by atoms with E-state index in [1.165, 1.54) is 5.56 Å². The van der Waals surface area contributed by atoms with Crippen molar-refractivity contribution in [3.63, 3.8) is 0 Å². The molecule has 48 heavy (non-hydrogen) atoms. The summed E-state index contributed by atoms with van der Waals surface area (Å²) in [5.41, 5.74) is 7.89. The van der Waals surface area contributed by atoms with Crippen LogP contribution >= 0.6 is 0 Å². The van der Waals surface area contributed by atoms with Crippen molar-refractivity contribution in [2.75, 3.05) is 64.0 Å². The van der Waals surface area contributed by atoms with E-state index in [2.05, 4.69) is 62.3 Å². The van der Waals surface area contributed by atoms with Crippen molar-refractivity contribution in [3.05, 3.63) is 86.3 Å². The van der Waals surface area contributed by atoms with E-state index >= 15 is 0 Å². The highest BCUT2D eigenvalue weighted by molar-refractivity contribution is 5.99. The van der Waals surface area contributed by atoms with Gasteiger partial charge in [-0.15, -0.1) is 0 Å². The van der Waals surface area contributed by atoms with Gasteiger partial charge in [0.15, 0.2) is 0 Å². The minimum Gasteiger partial charge on any atom is -0.465 e. The Morgan fingerprint density at radius 3 is 2.29 bits per heavy atom. The number of anilines is 1. The lowest BCUT2D eigenvalue weighted by Crippen LogP contribution is -2.47. The summed E-state index contributed by atoms with van der Waals surface area (Å²) in [6, 6.07) is 15.1. The van der Waals surface area contributed by atoms with Gasteiger partial charge in [-0.05, 0) is 93.5 Å². The van der Waals surface area contributed by atoms with Gasteiger partial charge in [0.25, 0.3) is 11.5 Å². The van der Waals surface area contributed by atoms with E-state index in [-0.39, 0.29) is 24.0 Å². The summed E-state index contributed by atoms with van der Waals surface area (Å²) in [6.07, 6.45) is 1.89. The number of aromatic amines is 1. The quantitative estimate of drug-likeness (QED) is 0.273. The van der Waals surface area contributed by atoms with Crippen molar-refractivity contribution >= 4 is 17.6 Å². The average Bonchev–Trinajstić information content (AvgIpc) is 3.07. The number of hydrogen-bond acceptors (Lipinski definition) is 8. The molecule has 0 radical (unpaired) electrons. The van der Waals surface area contributed by atoms with E-state index < -0.39 is 0 Å². The lowest BCUT2D eigenvalue weighted by molar-refractivity contribution is -0.144. The molecule has 0 aliphatic carbocycles. The number of aryl methyl sites for hydroxylation is 2. The van der Waals surface area contributed by atoms with Crippen LogP contribution in [0.4, 0.5) is 5.69 Å². The molecule has 1 amide bonds. The fourth-order valence-electron chi connectivity index (χ4n) is 6.94. The number of benzene rings is 2. The maximum atomic E-state index is 13.8. The van der Waals surface area contributed by atoms with Crippen LogP contribution in [-0.4, -0.2) is 91.8 Å². The monoisotopic (exact) mass is 657 g/mol. The number of rotatable bonds is 12. The van der Waals surface area contributed by atoms with Gasteiger partial charge in [0.05, 0.1) is 13.2 Å². The first-order chi connectivity index (χ1) is 23.2. The van der Waals surface area contributed by atoms with Crippen LogP contribution in [0.3, 0.4) is 0 Å². The second kappa shape index (κ2) is 16.4. The number of H-pyrrole nitrogens is 1. The van der Waals surface area contributed by atoms with Crippen molar-refractivity contribution in [3.8, 4) is 11.1 Å². The molecule has 1 aromatic heterocycles. The molecule has 3 aromatic rings. The van der Waals surface area contributed by atoms with Gasteiger partial charge in [0, 0.05) is 87.6 Å². The van der Waals surface area contributed by atoms with Crippen LogP contribution in [0, 0.1) is 20.8 Å². The maximum absolute atomic E-state index is 13.8. The van der Waals surface area contributed by atoms with Crippen molar-refractivity contribution in [2.24, 2.45) is 0 Å². The topological polar surface area (TPSA) is 107 Å². The number of nitrogens with one attached hydrogen (secondary N) is 2. The first-order valence-corrected chi connectivity index (χ1v) is 17.3. The number of carbonyl (C=O) groups excluding carboxylic acids is 2. The molecule has 258 valence electrons. The highest BCUT2D eigenvalue weighted by Crippen LogP contribution is 2.34. The van der Waals surface area contributed by atoms with Gasteiger partial charge in [-0.2, -0.15) is 0 Å². The zero-order valence-electron chi connectivity index (χ0n) is 29.2. The van der Waals surface area contributed by atoms with Crippen molar-refractivity contribution in [1.82, 2.24) is 20.1 Å². The van der Waals surface area contributed by atoms with E-state index in [0.717, 1.165) is 99.0 Å². The second-order valence-electron chi connectivity index (χ2n) is 13.0. The molecule has 0 spiro atoms. The summed E-state index contributed by atoms with van der Waals surface area (Å²) in [5.74, 6) is -0.357. The zero-order chi connectivity index (χ0) is 34.2. The number of carbonyl (C=O) groups is 2. The van der Waals surface area contributed by atoms with Crippen LogP contribution in [0.2, 0.25) is 0 Å². The molecule has 2 saturated heterocycles. The Bertz CT molecular complexity index is 1620. The van der Waals surface area contributed by atoms with Crippen molar-refractivity contribution in [2.45, 2.75) is 66.6 Å². The minimum absolute atomic E-state index is 0.155. The molecule has 10 nitrogen and oxygen atoms in total. The number of ether oxygens (including phenoxy) is 2. The number of hydrogen-bond donors (Lipinski definition) is 2. The normalized spacial score (nSPS) is 16.1. The van der Waals surface area contributed by atoms with E-state index in [1.807, 2.05) is 39.8 Å². The lowest BCUT2D eigenvalue weighted by Gasteiger charge is -2.37. The summed E-state index contributed by atoms with van der Waals surface area (Å²) in [6.45, 7) is 17.3. The van der Waals surface area contributed by atoms with Crippen LogP contribution < -0.4 is 15.8 Å². The second-order valence-corrected chi connectivity index (χ2v) is 13.0. The minimum atomic E-state index is -0.197. The third kappa shape index (κ3) is 8.72. The molecule has 2 aliphatic heterocycles. The SMILES string of the molecule is CCOC(=O)CN1CCN(Cc2ccc(-c3cc(C(=O)NCc4c(C)cc(C)[nH]c4=O)c(C)c(N(CC)C4CCOCC4)c3)cc2)CC1. The van der Waals surface area contributed by atoms with Crippen LogP contribution in [0.5, 0.6) is 0 Å². The average molecular weight is 658 g/mol. The molecule has 0 atom stereocenters. The Labute approximate surface area is 284 Å². The summed E-state index contributed by atoms with van der Waals surface area (Å²) in [5, 5.41) is 3.04. The lowest BCUT2D eigenvalue weighted by atomic mass is 9.94. The van der Waals surface area contributed by atoms with E-state index in [4.69, 9.17) is 9.47 Å². The van der Waals surface area contributed by atoms with E-state index in [0.29, 0.717) is 30.3 Å². The van der Waals surface area contributed by atoms with Gasteiger partial charge >= 0.3 is 5.97 Å². The molecule has 2 N–H and O–H groups in total. The van der Waals surface area contributed by atoms with Gasteiger partial charge in [-0.25, -0.2) is 0 Å². The number of piperazine rings is 1. The summed E-state index contributed by atoms with van der Waals surface area (Å²) in [4.78, 5) is 48.2. The largest absolute Gasteiger partial charge is 0.465 e. The predicted molar refractivity (Wildman–Crippen MR) is 190 cm³/mol. The van der Waals surface area contributed by atoms with E-state index in [1.54, 1.807) is 0 Å². The molecule has 2 aromatic carbocycles. The van der Waals surface area contributed by atoms with Crippen LogP contribution in [0.1, 0.15) is 65.0 Å². The number of pyridine rings is 1. The van der Waals surface area contributed by atoms with E-state index in [9.17, 15) is 14.4 Å². The molecule has 10 heteroatoms. The van der Waals surface area contributed by atoms with Crippen molar-refractivity contribution < 1.29 is 19.1 Å². The van der Waals surface area contributed by atoms with Crippen molar-refractivity contribution in [1.29, 1.82) is 0 Å². The maximum Gasteiger partial charge on any atom is 0.320 e. The first-order valence-electron chi connectivity index (χ1n) is 17.3. The molecule has 5 rings (SSSR count). The molecule has 3 heterocycles. The zero-order valence-corrected chi connectivity index (χ0v) is 29.2. The first kappa shape index (κ1) is 35.3. The fraction of sp³-hybridized carbons (Fsp3) is 0.500. The molecule has 0 bridgehead atoms. The van der Waals surface area contributed by atoms with Gasteiger partial charge < -0.3 is 24.7 Å². The number of amides is 1. The highest BCUT2D eigenvalue weighted by atomic mass is 16.5. The molecule has 2 aliphatic rings. The summed E-state index contributed by atoms with van der Waals surface area (Å²) in [7, 11) is 0. The number of nitrogens with zero attached hydrogens (tertiary/aromatic N) is 3. The Morgan fingerprint density at radius 2 is 1.65 bits per heavy atom. The standard InChI is InChI=1S/C38H51N5O5/c1-6-43(32-12-18-47-19-13-32)35-22-31(21-33(28(35)5)37(45)39-23-34-26(3)20-27(4)40-38(34)46)30-10-8-29(9-11-30)24-41-14-16-42(17-15-41)25-36(44)48-7-2/h8-11,20-22,32H,6-7,12-19,23-25H2,1-5H3,(H,39,45)(H,40,46). The Hall–Kier alpha value is -3.99. The highest BCUT2D eigenvalue weighted by Gasteiger charge is 2.25. The molecular weight excluding hydrogens is 606 g/mol. The Kier molecular flexibility index (Phi) is 12.1. The summed E-state index contributed by atoms with van der Waals surface area (Å²) < 4.78 is 10.8. The smallest absolute Gasteiger partial charge is 0.320 e. The third-order valence-electron chi connectivity index (χ3n) is 9.64. The van der Waals surface area contributed by atoms with Gasteiger partial charge in [-0.1, -0.05) is 24.3 Å². The number of aromatic nitrogens is 1. The predicted octanol–water partition coefficient (Wildman–Crippen LogP) is 4.58. The Balaban J connectivity index is 1.36. The fourth-order valence-corrected chi connectivity index (χ4v) is 6.94. The van der Waals surface area contributed by atoms with Gasteiger partial charge in [0.1, 0.15) is 0 Å². The Morgan fingerprint density at radius 1 is 0.958 bits per heavy atom. The van der Waals surface area contributed by atoms with Crippen LogP contribution in [0.15, 0.2) is 47.3 Å². The van der Waals surface area contributed by atoms with Crippen LogP contribution in [-0.2, 0) is 27.4 Å². The number of esters is 1. The molecule has 0 unspecified atom stereocenters. The molecular formula is C38H51N5O5. The molecule has 0 saturated carbocycles. The molecule has 2 fully saturated rings.